The van der Waals surface area contributed by atoms with Gasteiger partial charge in [0.1, 0.15) is 11.3 Å². The summed E-state index contributed by atoms with van der Waals surface area (Å²) in [4.78, 5) is 24.0. The van der Waals surface area contributed by atoms with Crippen LogP contribution in [0.1, 0.15) is 5.56 Å². The molecule has 3 aromatic rings. The smallest absolute Gasteiger partial charge is 0.360 e. The first kappa shape index (κ1) is 17.7. The van der Waals surface area contributed by atoms with Gasteiger partial charge in [0.25, 0.3) is 0 Å². The van der Waals surface area contributed by atoms with Crippen LogP contribution in [0.25, 0.3) is 17.0 Å². The van der Waals surface area contributed by atoms with Gasteiger partial charge in [0.05, 0.1) is 0 Å². The van der Waals surface area contributed by atoms with Crippen LogP contribution in [0.15, 0.2) is 62.2 Å². The Labute approximate surface area is 161 Å². The van der Waals surface area contributed by atoms with E-state index in [9.17, 15) is 9.59 Å². The van der Waals surface area contributed by atoms with Crippen LogP contribution in [0.5, 0.6) is 0 Å². The molecule has 1 N–H and O–H groups in total. The molecule has 0 aliphatic heterocycles. The van der Waals surface area contributed by atoms with Crippen LogP contribution in [0.2, 0.25) is 10.0 Å². The van der Waals surface area contributed by atoms with Gasteiger partial charge in [0, 0.05) is 26.0 Å². The van der Waals surface area contributed by atoms with Gasteiger partial charge in [0.2, 0.25) is 5.91 Å². The van der Waals surface area contributed by atoms with Crippen molar-refractivity contribution < 1.29 is 9.21 Å². The highest BCUT2D eigenvalue weighted by Crippen LogP contribution is 2.22. The molecular formula is C18H10BrCl2NO3. The van der Waals surface area contributed by atoms with Crippen LogP contribution in [0.4, 0.5) is 5.69 Å². The maximum Gasteiger partial charge on any atom is 0.360 e. The summed E-state index contributed by atoms with van der Waals surface area (Å²) in [6, 6.07) is 11.7. The van der Waals surface area contributed by atoms with Crippen molar-refractivity contribution in [2.24, 2.45) is 0 Å². The monoisotopic (exact) mass is 437 g/mol. The number of hydrogen-bond acceptors (Lipinski definition) is 3. The van der Waals surface area contributed by atoms with E-state index in [1.807, 2.05) is 0 Å². The topological polar surface area (TPSA) is 59.3 Å². The predicted octanol–water partition coefficient (Wildman–Crippen LogP) is 5.51. The van der Waals surface area contributed by atoms with Gasteiger partial charge in [-0.05, 0) is 48.0 Å². The van der Waals surface area contributed by atoms with Gasteiger partial charge >= 0.3 is 5.63 Å². The molecule has 0 atom stereocenters. The molecule has 1 heterocycles. The van der Waals surface area contributed by atoms with Gasteiger partial charge in [-0.3, -0.25) is 4.79 Å². The third kappa shape index (κ3) is 4.31. The molecule has 2 aromatic carbocycles. The van der Waals surface area contributed by atoms with Gasteiger partial charge in [-0.15, -0.1) is 0 Å². The Morgan fingerprint density at radius 1 is 1.12 bits per heavy atom. The molecular weight excluding hydrogens is 429 g/mol. The van der Waals surface area contributed by atoms with Crippen LogP contribution in [0, 0.1) is 0 Å². The Kier molecular flexibility index (Phi) is 5.27. The first-order chi connectivity index (χ1) is 11.9. The first-order valence-electron chi connectivity index (χ1n) is 7.10. The molecule has 3 rings (SSSR count). The second-order valence-corrected chi connectivity index (χ2v) is 6.88. The molecule has 1 amide bonds. The lowest BCUT2D eigenvalue weighted by molar-refractivity contribution is -0.111. The lowest BCUT2D eigenvalue weighted by Crippen LogP contribution is -2.15. The standard InChI is InChI=1S/C18H10BrCl2NO3/c19-12-3-5-16-11(7-12)8-15(18(24)25-16)22-17(23)6-2-10-1-4-13(20)9-14(10)21/h1-9H,(H,22,23)/b6-2+. The molecule has 0 radical (unpaired) electrons. The minimum absolute atomic E-state index is 0.0578. The van der Waals surface area contributed by atoms with Crippen molar-refractivity contribution in [3.63, 3.8) is 0 Å². The fourth-order valence-electron chi connectivity index (χ4n) is 2.16. The largest absolute Gasteiger partial charge is 0.421 e. The molecule has 126 valence electrons. The molecule has 0 saturated carbocycles. The molecule has 1 aromatic heterocycles. The van der Waals surface area contributed by atoms with E-state index < -0.39 is 11.5 Å². The van der Waals surface area contributed by atoms with Crippen molar-refractivity contribution in [2.75, 3.05) is 5.32 Å². The molecule has 0 spiro atoms. The van der Waals surface area contributed by atoms with E-state index in [0.29, 0.717) is 26.6 Å². The van der Waals surface area contributed by atoms with E-state index >= 15 is 0 Å². The van der Waals surface area contributed by atoms with Crippen LogP contribution in [-0.4, -0.2) is 5.91 Å². The number of fused-ring (bicyclic) bond motifs is 1. The Hall–Kier alpha value is -2.08. The average molecular weight is 439 g/mol. The summed E-state index contributed by atoms with van der Waals surface area (Å²) in [6.45, 7) is 0. The zero-order valence-corrected chi connectivity index (χ0v) is 15.7. The third-order valence-corrected chi connectivity index (χ3v) is 4.38. The molecule has 0 aliphatic rings. The van der Waals surface area contributed by atoms with E-state index in [2.05, 4.69) is 21.2 Å². The summed E-state index contributed by atoms with van der Waals surface area (Å²) < 4.78 is 6.03. The summed E-state index contributed by atoms with van der Waals surface area (Å²) >= 11 is 15.2. The molecule has 0 aliphatic carbocycles. The minimum atomic E-state index is -0.624. The highest BCUT2D eigenvalue weighted by Gasteiger charge is 2.08. The number of rotatable bonds is 3. The molecule has 0 fully saturated rings. The van der Waals surface area contributed by atoms with Crippen molar-refractivity contribution in [3.8, 4) is 0 Å². The normalized spacial score (nSPS) is 11.2. The lowest BCUT2D eigenvalue weighted by atomic mass is 10.2. The summed E-state index contributed by atoms with van der Waals surface area (Å²) in [6.07, 6.45) is 2.81. The second-order valence-electron chi connectivity index (χ2n) is 5.12. The Bertz CT molecular complexity index is 1060. The van der Waals surface area contributed by atoms with Gasteiger partial charge < -0.3 is 9.73 Å². The zero-order chi connectivity index (χ0) is 18.0. The number of hydrogen-bond donors (Lipinski definition) is 1. The highest BCUT2D eigenvalue weighted by molar-refractivity contribution is 9.10. The van der Waals surface area contributed by atoms with Crippen LogP contribution >= 0.6 is 39.1 Å². The molecule has 4 nitrogen and oxygen atoms in total. The molecule has 0 unspecified atom stereocenters. The number of carbonyl (C=O) groups is 1. The van der Waals surface area contributed by atoms with Crippen molar-refractivity contribution in [1.29, 1.82) is 0 Å². The number of benzene rings is 2. The van der Waals surface area contributed by atoms with Crippen LogP contribution in [-0.2, 0) is 4.79 Å². The SMILES string of the molecule is O=C(/C=C/c1ccc(Cl)cc1Cl)Nc1cc2cc(Br)ccc2oc1=O. The quantitative estimate of drug-likeness (QED) is 0.433. The second kappa shape index (κ2) is 7.44. The fraction of sp³-hybridized carbons (Fsp3) is 0. The molecule has 25 heavy (non-hydrogen) atoms. The van der Waals surface area contributed by atoms with Crippen LogP contribution < -0.4 is 10.9 Å². The third-order valence-electron chi connectivity index (χ3n) is 3.33. The Morgan fingerprint density at radius 2 is 1.92 bits per heavy atom. The summed E-state index contributed by atoms with van der Waals surface area (Å²) in [7, 11) is 0. The maximum absolute atomic E-state index is 12.1. The maximum atomic E-state index is 12.1. The summed E-state index contributed by atoms with van der Waals surface area (Å²) in [5.74, 6) is -0.479. The Balaban J connectivity index is 1.83. The number of nitrogens with one attached hydrogen (secondary N) is 1. The summed E-state index contributed by atoms with van der Waals surface area (Å²) in [5.41, 5.74) is 0.508. The van der Waals surface area contributed by atoms with E-state index in [1.165, 1.54) is 12.2 Å². The Morgan fingerprint density at radius 3 is 2.68 bits per heavy atom. The number of halogens is 3. The molecule has 0 saturated heterocycles. The van der Waals surface area contributed by atoms with Crippen molar-refractivity contribution >= 4 is 67.8 Å². The van der Waals surface area contributed by atoms with Gasteiger partial charge in [-0.25, -0.2) is 4.79 Å². The van der Waals surface area contributed by atoms with Crippen molar-refractivity contribution in [1.82, 2.24) is 0 Å². The first-order valence-corrected chi connectivity index (χ1v) is 8.65. The lowest BCUT2D eigenvalue weighted by Gasteiger charge is -2.03. The predicted molar refractivity (Wildman–Crippen MR) is 104 cm³/mol. The van der Waals surface area contributed by atoms with E-state index in [0.717, 1.165) is 4.47 Å². The number of carbonyl (C=O) groups excluding carboxylic acids is 1. The average Bonchev–Trinajstić information content (AvgIpc) is 2.55. The van der Waals surface area contributed by atoms with Crippen molar-refractivity contribution in [3.05, 3.63) is 79.0 Å². The molecule has 7 heteroatoms. The van der Waals surface area contributed by atoms with Crippen molar-refractivity contribution in [2.45, 2.75) is 0 Å². The van der Waals surface area contributed by atoms with E-state index in [1.54, 1.807) is 42.5 Å². The minimum Gasteiger partial charge on any atom is -0.421 e. The van der Waals surface area contributed by atoms with Crippen LogP contribution in [0.3, 0.4) is 0 Å². The highest BCUT2D eigenvalue weighted by atomic mass is 79.9. The summed E-state index contributed by atoms with van der Waals surface area (Å²) in [5, 5.41) is 4.12. The van der Waals surface area contributed by atoms with E-state index in [-0.39, 0.29) is 5.69 Å². The zero-order valence-electron chi connectivity index (χ0n) is 12.6. The van der Waals surface area contributed by atoms with Gasteiger partial charge in [-0.2, -0.15) is 0 Å². The van der Waals surface area contributed by atoms with Gasteiger partial charge in [0.15, 0.2) is 0 Å². The van der Waals surface area contributed by atoms with Gasteiger partial charge in [-0.1, -0.05) is 45.2 Å². The molecule has 0 bridgehead atoms. The van der Waals surface area contributed by atoms with E-state index in [4.69, 9.17) is 27.6 Å². The number of anilines is 1. The number of amides is 1. The fourth-order valence-corrected chi connectivity index (χ4v) is 3.01.